The minimum Gasteiger partial charge on any atom is -0.493 e. The SMILES string of the molecule is COc1cc([C@H]2Nc3ccc4ccccc4c3C3=C2C(=O)C[C@@H](c2ccccc2)C3)ccc1OC(C)=O. The largest absolute Gasteiger partial charge is 0.493 e. The monoisotopic (exact) mass is 489 g/mol. The molecule has 5 heteroatoms. The van der Waals surface area contributed by atoms with Crippen LogP contribution in [-0.4, -0.2) is 18.9 Å². The molecule has 2 atom stereocenters. The van der Waals surface area contributed by atoms with Gasteiger partial charge >= 0.3 is 5.97 Å². The average molecular weight is 490 g/mol. The molecule has 0 bridgehead atoms. The highest BCUT2D eigenvalue weighted by atomic mass is 16.6. The molecule has 37 heavy (non-hydrogen) atoms. The number of anilines is 1. The summed E-state index contributed by atoms with van der Waals surface area (Å²) in [6.45, 7) is 1.36. The summed E-state index contributed by atoms with van der Waals surface area (Å²) in [5.41, 5.74) is 6.09. The summed E-state index contributed by atoms with van der Waals surface area (Å²) in [4.78, 5) is 25.5. The van der Waals surface area contributed by atoms with Crippen molar-refractivity contribution in [2.45, 2.75) is 31.7 Å². The number of Topliss-reactive ketones (excluding diaryl/α,β-unsaturated/α-hetero) is 1. The van der Waals surface area contributed by atoms with E-state index in [9.17, 15) is 9.59 Å². The number of benzene rings is 4. The first-order valence-electron chi connectivity index (χ1n) is 12.5. The fourth-order valence-corrected chi connectivity index (χ4v) is 5.76. The van der Waals surface area contributed by atoms with Crippen LogP contribution in [0.3, 0.4) is 0 Å². The van der Waals surface area contributed by atoms with Gasteiger partial charge in [-0.05, 0) is 58.0 Å². The van der Waals surface area contributed by atoms with Crippen LogP contribution in [0.15, 0.2) is 90.5 Å². The minimum absolute atomic E-state index is 0.124. The standard InChI is InChI=1S/C32H27NO4/c1-19(34)37-28-15-13-22(18-29(28)36-2)32-31-25(16-23(17-27(31)35)20-8-4-3-5-9-20)30-24-11-7-6-10-21(24)12-14-26(30)33-32/h3-15,18,23,32-33H,16-17H2,1-2H3/t23-,32+/m0/s1. The Balaban J connectivity index is 1.53. The molecule has 4 aromatic carbocycles. The van der Waals surface area contributed by atoms with E-state index in [1.165, 1.54) is 12.5 Å². The van der Waals surface area contributed by atoms with Gasteiger partial charge in [0, 0.05) is 30.2 Å². The number of methoxy groups -OCH3 is 1. The molecule has 0 saturated heterocycles. The number of ketones is 1. The number of hydrogen-bond donors (Lipinski definition) is 1. The maximum absolute atomic E-state index is 13.9. The van der Waals surface area contributed by atoms with Crippen molar-refractivity contribution in [3.63, 3.8) is 0 Å². The number of hydrogen-bond acceptors (Lipinski definition) is 5. The van der Waals surface area contributed by atoms with Crippen molar-refractivity contribution in [3.8, 4) is 11.5 Å². The van der Waals surface area contributed by atoms with E-state index in [1.807, 2.05) is 42.5 Å². The number of esters is 1. The number of carbonyl (C=O) groups is 2. The summed E-state index contributed by atoms with van der Waals surface area (Å²) in [5, 5.41) is 5.95. The Kier molecular flexibility index (Phi) is 5.76. The van der Waals surface area contributed by atoms with Gasteiger partial charge in [0.25, 0.3) is 0 Å². The second kappa shape index (κ2) is 9.25. The summed E-state index contributed by atoms with van der Waals surface area (Å²) < 4.78 is 10.8. The van der Waals surface area contributed by atoms with Crippen LogP contribution in [-0.2, 0) is 9.59 Å². The Morgan fingerprint density at radius 3 is 2.43 bits per heavy atom. The minimum atomic E-state index is -0.415. The van der Waals surface area contributed by atoms with Gasteiger partial charge in [-0.3, -0.25) is 9.59 Å². The van der Waals surface area contributed by atoms with Crippen LogP contribution < -0.4 is 14.8 Å². The lowest BCUT2D eigenvalue weighted by Gasteiger charge is -2.37. The zero-order valence-electron chi connectivity index (χ0n) is 20.8. The van der Waals surface area contributed by atoms with Crippen LogP contribution in [0.5, 0.6) is 11.5 Å². The molecular weight excluding hydrogens is 462 g/mol. The number of fused-ring (bicyclic) bond motifs is 4. The van der Waals surface area contributed by atoms with E-state index in [-0.39, 0.29) is 17.7 Å². The molecule has 0 radical (unpaired) electrons. The average Bonchev–Trinajstić information content (AvgIpc) is 2.92. The zero-order valence-corrected chi connectivity index (χ0v) is 20.8. The maximum atomic E-state index is 13.9. The van der Waals surface area contributed by atoms with Gasteiger partial charge in [-0.1, -0.05) is 66.7 Å². The summed E-state index contributed by atoms with van der Waals surface area (Å²) in [6, 6.07) is 28.0. The Labute approximate surface area is 215 Å². The normalized spacial score (nSPS) is 18.6. The van der Waals surface area contributed by atoms with E-state index in [2.05, 4.69) is 41.7 Å². The fraction of sp³-hybridized carbons (Fsp3) is 0.188. The summed E-state index contributed by atoms with van der Waals surface area (Å²) in [7, 11) is 1.54. The van der Waals surface area contributed by atoms with Gasteiger partial charge < -0.3 is 14.8 Å². The highest BCUT2D eigenvalue weighted by Gasteiger charge is 2.38. The van der Waals surface area contributed by atoms with Crippen molar-refractivity contribution in [2.24, 2.45) is 0 Å². The van der Waals surface area contributed by atoms with Crippen molar-refractivity contribution in [1.29, 1.82) is 0 Å². The topological polar surface area (TPSA) is 64.6 Å². The Bertz CT molecular complexity index is 1570. The lowest BCUT2D eigenvalue weighted by molar-refractivity contribution is -0.132. The molecule has 1 heterocycles. The molecule has 4 aromatic rings. The summed E-state index contributed by atoms with van der Waals surface area (Å²) in [5.74, 6) is 0.663. The predicted molar refractivity (Wildman–Crippen MR) is 145 cm³/mol. The highest BCUT2D eigenvalue weighted by Crippen LogP contribution is 2.51. The number of allylic oxidation sites excluding steroid dienone is 1. The lowest BCUT2D eigenvalue weighted by Crippen LogP contribution is -2.29. The molecule has 1 N–H and O–H groups in total. The molecule has 2 aliphatic rings. The number of rotatable bonds is 4. The van der Waals surface area contributed by atoms with Gasteiger partial charge in [0.05, 0.1) is 13.2 Å². The Hall–Kier alpha value is -4.38. The van der Waals surface area contributed by atoms with E-state index in [0.717, 1.165) is 45.2 Å². The van der Waals surface area contributed by atoms with E-state index >= 15 is 0 Å². The molecule has 1 aliphatic heterocycles. The predicted octanol–water partition coefficient (Wildman–Crippen LogP) is 6.84. The van der Waals surface area contributed by atoms with Crippen LogP contribution in [0.25, 0.3) is 16.3 Å². The fourth-order valence-electron chi connectivity index (χ4n) is 5.76. The van der Waals surface area contributed by atoms with E-state index in [4.69, 9.17) is 9.47 Å². The third-order valence-corrected chi connectivity index (χ3v) is 7.37. The molecular formula is C32H27NO4. The van der Waals surface area contributed by atoms with Crippen molar-refractivity contribution in [3.05, 3.63) is 107 Å². The molecule has 0 aromatic heterocycles. The van der Waals surface area contributed by atoms with Crippen molar-refractivity contribution < 1.29 is 19.1 Å². The van der Waals surface area contributed by atoms with Gasteiger partial charge in [-0.25, -0.2) is 0 Å². The number of nitrogens with one attached hydrogen (secondary N) is 1. The highest BCUT2D eigenvalue weighted by molar-refractivity contribution is 6.13. The first-order chi connectivity index (χ1) is 18.0. The van der Waals surface area contributed by atoms with Gasteiger partial charge in [0.15, 0.2) is 17.3 Å². The van der Waals surface area contributed by atoms with Gasteiger partial charge in [0.1, 0.15) is 0 Å². The van der Waals surface area contributed by atoms with Gasteiger partial charge in [-0.15, -0.1) is 0 Å². The van der Waals surface area contributed by atoms with Gasteiger partial charge in [0.2, 0.25) is 0 Å². The van der Waals surface area contributed by atoms with Crippen LogP contribution in [0.4, 0.5) is 5.69 Å². The first-order valence-corrected chi connectivity index (χ1v) is 12.5. The van der Waals surface area contributed by atoms with Crippen molar-refractivity contribution in [1.82, 2.24) is 0 Å². The number of carbonyl (C=O) groups excluding carboxylic acids is 2. The summed E-state index contributed by atoms with van der Waals surface area (Å²) >= 11 is 0. The second-order valence-electron chi connectivity index (χ2n) is 9.62. The molecule has 0 spiro atoms. The quantitative estimate of drug-likeness (QED) is 0.251. The van der Waals surface area contributed by atoms with Crippen molar-refractivity contribution >= 4 is 33.8 Å². The molecule has 5 nitrogen and oxygen atoms in total. The van der Waals surface area contributed by atoms with E-state index in [1.54, 1.807) is 13.2 Å². The van der Waals surface area contributed by atoms with Gasteiger partial charge in [-0.2, -0.15) is 0 Å². The van der Waals surface area contributed by atoms with E-state index < -0.39 is 5.97 Å². The molecule has 0 unspecified atom stereocenters. The second-order valence-corrected chi connectivity index (χ2v) is 9.62. The van der Waals surface area contributed by atoms with Crippen LogP contribution in [0, 0.1) is 0 Å². The molecule has 6 rings (SSSR count). The molecule has 0 fully saturated rings. The van der Waals surface area contributed by atoms with Crippen LogP contribution in [0.2, 0.25) is 0 Å². The third kappa shape index (κ3) is 4.06. The van der Waals surface area contributed by atoms with Crippen LogP contribution >= 0.6 is 0 Å². The lowest BCUT2D eigenvalue weighted by atomic mass is 9.71. The number of ether oxygens (including phenoxy) is 2. The molecule has 0 amide bonds. The maximum Gasteiger partial charge on any atom is 0.308 e. The zero-order chi connectivity index (χ0) is 25.5. The molecule has 184 valence electrons. The van der Waals surface area contributed by atoms with Crippen LogP contribution in [0.1, 0.15) is 48.4 Å². The molecule has 1 aliphatic carbocycles. The van der Waals surface area contributed by atoms with Crippen molar-refractivity contribution in [2.75, 3.05) is 12.4 Å². The summed E-state index contributed by atoms with van der Waals surface area (Å²) in [6.07, 6.45) is 1.25. The Morgan fingerprint density at radius 2 is 1.65 bits per heavy atom. The molecule has 0 saturated carbocycles. The first kappa shape index (κ1) is 23.0. The van der Waals surface area contributed by atoms with E-state index in [0.29, 0.717) is 17.9 Å². The third-order valence-electron chi connectivity index (χ3n) is 7.37. The Morgan fingerprint density at radius 1 is 0.865 bits per heavy atom. The smallest absolute Gasteiger partial charge is 0.308 e.